The lowest BCUT2D eigenvalue weighted by Crippen LogP contribution is -2.58. The van der Waals surface area contributed by atoms with E-state index in [1.54, 1.807) is 31.2 Å². The van der Waals surface area contributed by atoms with Crippen molar-refractivity contribution in [2.45, 2.75) is 45.4 Å². The number of benzene rings is 1. The maximum atomic E-state index is 13.2. The number of esters is 1. The predicted molar refractivity (Wildman–Crippen MR) is 96.6 cm³/mol. The van der Waals surface area contributed by atoms with Gasteiger partial charge in [-0.2, -0.15) is 0 Å². The molecule has 5 heteroatoms. The summed E-state index contributed by atoms with van der Waals surface area (Å²) in [5.41, 5.74) is 0.272. The van der Waals surface area contributed by atoms with Crippen molar-refractivity contribution >= 4 is 23.3 Å². The van der Waals surface area contributed by atoms with Gasteiger partial charge in [0, 0.05) is 11.1 Å². The van der Waals surface area contributed by atoms with E-state index in [4.69, 9.17) is 4.74 Å². The molecular formula is C21H25NO4. The Hall–Kier alpha value is -2.17. The van der Waals surface area contributed by atoms with Gasteiger partial charge in [-0.3, -0.25) is 9.59 Å². The molecule has 4 bridgehead atoms. The molecule has 4 aliphatic carbocycles. The molecule has 4 aliphatic rings. The van der Waals surface area contributed by atoms with Crippen LogP contribution in [0.5, 0.6) is 0 Å². The zero-order chi connectivity index (χ0) is 18.5. The summed E-state index contributed by atoms with van der Waals surface area (Å²) in [5.74, 6) is 0.779. The predicted octanol–water partition coefficient (Wildman–Crippen LogP) is 3.59. The van der Waals surface area contributed by atoms with Crippen molar-refractivity contribution in [3.63, 3.8) is 0 Å². The van der Waals surface area contributed by atoms with Gasteiger partial charge < -0.3 is 10.1 Å². The van der Waals surface area contributed by atoms with E-state index < -0.39 is 11.4 Å². The molecule has 4 fully saturated rings. The van der Waals surface area contributed by atoms with Crippen LogP contribution in [0, 0.1) is 22.7 Å². The van der Waals surface area contributed by atoms with E-state index in [1.807, 2.05) is 0 Å². The Balaban J connectivity index is 1.59. The third kappa shape index (κ3) is 2.65. The standard InChI is InChI=1S/C21H25NO4/c1-13(23)20-8-14-6-15(9-20)11-21(10-14,12-20)19(25)22-17-5-3-4-16(7-17)18(24)26-2/h3-5,7,14-15H,6,8-12H2,1-2H3,(H,22,25)/t14-,15-,20?,21?/m0/s1. The van der Waals surface area contributed by atoms with Gasteiger partial charge in [0.05, 0.1) is 18.1 Å². The lowest BCUT2D eigenvalue weighted by Gasteiger charge is -2.60. The third-order valence-corrected chi connectivity index (χ3v) is 6.83. The van der Waals surface area contributed by atoms with Gasteiger partial charge >= 0.3 is 5.97 Å². The fourth-order valence-electron chi connectivity index (χ4n) is 6.05. The SMILES string of the molecule is COC(=O)c1cccc(NC(=O)C23C[C@H]4C[C@@H](CC(C(C)=O)(C4)C2)C3)c1. The second-order valence-corrected chi connectivity index (χ2v) is 8.60. The van der Waals surface area contributed by atoms with E-state index in [-0.39, 0.29) is 17.1 Å². The molecule has 0 aliphatic heterocycles. The van der Waals surface area contributed by atoms with Gasteiger partial charge in [-0.05, 0) is 75.5 Å². The van der Waals surface area contributed by atoms with Gasteiger partial charge in [-0.1, -0.05) is 6.07 Å². The summed E-state index contributed by atoms with van der Waals surface area (Å²) in [4.78, 5) is 37.4. The summed E-state index contributed by atoms with van der Waals surface area (Å²) in [6.07, 6.45) is 5.48. The molecule has 0 heterocycles. The first kappa shape index (κ1) is 17.3. The number of carbonyl (C=O) groups excluding carboxylic acids is 3. The van der Waals surface area contributed by atoms with E-state index in [1.165, 1.54) is 7.11 Å². The summed E-state index contributed by atoms with van der Waals surface area (Å²) >= 11 is 0. The maximum absolute atomic E-state index is 13.2. The van der Waals surface area contributed by atoms with E-state index in [0.29, 0.717) is 29.5 Å². The normalized spacial score (nSPS) is 34.4. The molecule has 26 heavy (non-hydrogen) atoms. The first-order chi connectivity index (χ1) is 12.4. The quantitative estimate of drug-likeness (QED) is 0.838. The molecule has 1 amide bonds. The van der Waals surface area contributed by atoms with Crippen molar-refractivity contribution in [2.75, 3.05) is 12.4 Å². The van der Waals surface area contributed by atoms with Crippen LogP contribution in [-0.2, 0) is 14.3 Å². The highest BCUT2D eigenvalue weighted by Gasteiger charge is 2.62. The van der Waals surface area contributed by atoms with Gasteiger partial charge in [-0.15, -0.1) is 0 Å². The first-order valence-corrected chi connectivity index (χ1v) is 9.37. The molecule has 4 saturated carbocycles. The van der Waals surface area contributed by atoms with Crippen LogP contribution in [0.4, 0.5) is 5.69 Å². The fraction of sp³-hybridized carbons (Fsp3) is 0.571. The Labute approximate surface area is 153 Å². The highest BCUT2D eigenvalue weighted by atomic mass is 16.5. The van der Waals surface area contributed by atoms with E-state index >= 15 is 0 Å². The lowest BCUT2D eigenvalue weighted by molar-refractivity contribution is -0.161. The zero-order valence-corrected chi connectivity index (χ0v) is 15.3. The first-order valence-electron chi connectivity index (χ1n) is 9.37. The highest BCUT2D eigenvalue weighted by molar-refractivity contribution is 5.98. The molecular weight excluding hydrogens is 330 g/mol. The van der Waals surface area contributed by atoms with Crippen molar-refractivity contribution in [2.24, 2.45) is 22.7 Å². The number of ketones is 1. The number of Topliss-reactive ketones (excluding diaryl/α,β-unsaturated/α-hetero) is 1. The number of amides is 1. The van der Waals surface area contributed by atoms with Gasteiger partial charge in [-0.25, -0.2) is 4.79 Å². The Bertz CT molecular complexity index is 770. The van der Waals surface area contributed by atoms with Crippen LogP contribution in [0.2, 0.25) is 0 Å². The largest absolute Gasteiger partial charge is 0.465 e. The Kier molecular flexibility index (Phi) is 3.94. The maximum Gasteiger partial charge on any atom is 0.337 e. The minimum atomic E-state index is -0.447. The minimum absolute atomic E-state index is 0.000703. The topological polar surface area (TPSA) is 72.5 Å². The summed E-state index contributed by atoms with van der Waals surface area (Å²) in [7, 11) is 1.34. The molecule has 138 valence electrons. The number of carbonyl (C=O) groups is 3. The Morgan fingerprint density at radius 3 is 2.35 bits per heavy atom. The molecule has 0 saturated heterocycles. The average Bonchev–Trinajstić information content (AvgIpc) is 2.60. The summed E-state index contributed by atoms with van der Waals surface area (Å²) in [6.45, 7) is 1.69. The second kappa shape index (κ2) is 5.93. The molecule has 0 spiro atoms. The van der Waals surface area contributed by atoms with Crippen LogP contribution < -0.4 is 5.32 Å². The molecule has 0 unspecified atom stereocenters. The highest BCUT2D eigenvalue weighted by Crippen LogP contribution is 2.65. The second-order valence-electron chi connectivity index (χ2n) is 8.60. The van der Waals surface area contributed by atoms with Crippen molar-refractivity contribution < 1.29 is 19.1 Å². The molecule has 2 atom stereocenters. The van der Waals surface area contributed by atoms with E-state index in [0.717, 1.165) is 32.1 Å². The molecule has 0 aromatic heterocycles. The minimum Gasteiger partial charge on any atom is -0.465 e. The number of nitrogens with one attached hydrogen (secondary N) is 1. The van der Waals surface area contributed by atoms with Crippen LogP contribution in [0.25, 0.3) is 0 Å². The fourth-order valence-corrected chi connectivity index (χ4v) is 6.05. The van der Waals surface area contributed by atoms with Gasteiger partial charge in [0.1, 0.15) is 5.78 Å². The smallest absolute Gasteiger partial charge is 0.337 e. The molecule has 5 rings (SSSR count). The molecule has 5 nitrogen and oxygen atoms in total. The van der Waals surface area contributed by atoms with Gasteiger partial charge in [0.25, 0.3) is 0 Å². The molecule has 1 aromatic rings. The zero-order valence-electron chi connectivity index (χ0n) is 15.3. The number of ether oxygens (including phenoxy) is 1. The number of hydrogen-bond acceptors (Lipinski definition) is 4. The summed E-state index contributed by atoms with van der Waals surface area (Å²) in [6, 6.07) is 6.83. The van der Waals surface area contributed by atoms with Crippen LogP contribution >= 0.6 is 0 Å². The van der Waals surface area contributed by atoms with Crippen molar-refractivity contribution in [1.82, 2.24) is 0 Å². The van der Waals surface area contributed by atoms with E-state index in [9.17, 15) is 14.4 Å². The molecule has 1 aromatic carbocycles. The molecule has 0 radical (unpaired) electrons. The van der Waals surface area contributed by atoms with Crippen LogP contribution in [0.3, 0.4) is 0 Å². The van der Waals surface area contributed by atoms with Crippen molar-refractivity contribution in [1.29, 1.82) is 0 Å². The lowest BCUT2D eigenvalue weighted by atomic mass is 9.43. The van der Waals surface area contributed by atoms with E-state index in [2.05, 4.69) is 5.32 Å². The monoisotopic (exact) mass is 355 g/mol. The average molecular weight is 355 g/mol. The number of hydrogen-bond donors (Lipinski definition) is 1. The third-order valence-electron chi connectivity index (χ3n) is 6.83. The Morgan fingerprint density at radius 1 is 1.08 bits per heavy atom. The van der Waals surface area contributed by atoms with Crippen molar-refractivity contribution in [3.8, 4) is 0 Å². The number of rotatable bonds is 4. The summed E-state index contributed by atoms with van der Waals surface area (Å²) < 4.78 is 4.75. The van der Waals surface area contributed by atoms with Crippen LogP contribution in [0.1, 0.15) is 55.8 Å². The molecule has 1 N–H and O–H groups in total. The van der Waals surface area contributed by atoms with Crippen molar-refractivity contribution in [3.05, 3.63) is 29.8 Å². The number of methoxy groups -OCH3 is 1. The van der Waals surface area contributed by atoms with Gasteiger partial charge in [0.2, 0.25) is 5.91 Å². The van der Waals surface area contributed by atoms with Crippen LogP contribution in [0.15, 0.2) is 24.3 Å². The Morgan fingerprint density at radius 2 is 1.73 bits per heavy atom. The van der Waals surface area contributed by atoms with Gasteiger partial charge in [0.15, 0.2) is 0 Å². The number of anilines is 1. The summed E-state index contributed by atoms with van der Waals surface area (Å²) in [5, 5.41) is 3.02. The van der Waals surface area contributed by atoms with Crippen LogP contribution in [-0.4, -0.2) is 24.8 Å².